The van der Waals surface area contributed by atoms with Crippen molar-refractivity contribution in [2.45, 2.75) is 39.5 Å². The van der Waals surface area contributed by atoms with Crippen molar-refractivity contribution in [2.24, 2.45) is 5.41 Å². The molecule has 0 radical (unpaired) electrons. The Hall–Kier alpha value is -3.21. The molecule has 1 aromatic heterocycles. The van der Waals surface area contributed by atoms with Gasteiger partial charge in [0.05, 0.1) is 5.69 Å². The molecule has 3 aromatic rings. The monoisotopic (exact) mass is 401 g/mol. The molecule has 0 unspecified atom stereocenters. The third kappa shape index (κ3) is 3.05. The Kier molecular flexibility index (Phi) is 4.17. The molecule has 1 aliphatic carbocycles. The van der Waals surface area contributed by atoms with Crippen LogP contribution in [0, 0.1) is 18.2 Å². The number of aromatic amines is 1. The third-order valence-electron chi connectivity index (χ3n) is 6.11. The van der Waals surface area contributed by atoms with Crippen LogP contribution in [0.2, 0.25) is 0 Å². The molecule has 0 spiro atoms. The van der Waals surface area contributed by atoms with E-state index in [-0.39, 0.29) is 22.9 Å². The quantitative estimate of drug-likeness (QED) is 0.577. The topological polar surface area (TPSA) is 57.8 Å². The number of nitrogens with one attached hydrogen (secondary N) is 2. The number of anilines is 1. The lowest BCUT2D eigenvalue weighted by Gasteiger charge is -2.38. The van der Waals surface area contributed by atoms with Gasteiger partial charge in [-0.15, -0.1) is 0 Å². The lowest BCUT2D eigenvalue weighted by atomic mass is 9.69. The summed E-state index contributed by atoms with van der Waals surface area (Å²) in [5.41, 5.74) is 6.51. The normalized spacial score (nSPS) is 19.9. The second kappa shape index (κ2) is 6.66. The molecule has 0 saturated heterocycles. The molecular formula is C25H24FN3O. The zero-order valence-electron chi connectivity index (χ0n) is 17.3. The predicted molar refractivity (Wildman–Crippen MR) is 116 cm³/mol. The van der Waals surface area contributed by atoms with Crippen molar-refractivity contribution in [3.8, 4) is 11.3 Å². The Bertz CT molecular complexity index is 1170. The van der Waals surface area contributed by atoms with Crippen LogP contribution in [0.1, 0.15) is 49.3 Å². The Morgan fingerprint density at radius 2 is 1.73 bits per heavy atom. The van der Waals surface area contributed by atoms with Gasteiger partial charge in [0.25, 0.3) is 0 Å². The number of allylic oxidation sites excluding steroid dienone is 2. The Labute approximate surface area is 175 Å². The van der Waals surface area contributed by atoms with Gasteiger partial charge in [-0.05, 0) is 42.0 Å². The van der Waals surface area contributed by atoms with Crippen LogP contribution in [-0.2, 0) is 4.79 Å². The van der Waals surface area contributed by atoms with Gasteiger partial charge in [-0.3, -0.25) is 9.89 Å². The van der Waals surface area contributed by atoms with E-state index in [0.717, 1.165) is 45.9 Å². The summed E-state index contributed by atoms with van der Waals surface area (Å²) in [5, 5.41) is 11.2. The molecule has 30 heavy (non-hydrogen) atoms. The van der Waals surface area contributed by atoms with E-state index in [1.807, 2.05) is 0 Å². The number of hydrogen-bond donors (Lipinski definition) is 2. The first-order valence-electron chi connectivity index (χ1n) is 10.3. The first-order chi connectivity index (χ1) is 14.3. The highest BCUT2D eigenvalue weighted by Crippen LogP contribution is 2.50. The molecule has 1 aliphatic heterocycles. The molecule has 2 N–H and O–H groups in total. The van der Waals surface area contributed by atoms with Crippen molar-refractivity contribution >= 4 is 11.6 Å². The van der Waals surface area contributed by atoms with Crippen LogP contribution >= 0.6 is 0 Å². The van der Waals surface area contributed by atoms with Gasteiger partial charge in [-0.25, -0.2) is 4.39 Å². The van der Waals surface area contributed by atoms with E-state index in [1.54, 1.807) is 12.1 Å². The van der Waals surface area contributed by atoms with E-state index in [4.69, 9.17) is 0 Å². The molecular weight excluding hydrogens is 377 g/mol. The highest BCUT2D eigenvalue weighted by Gasteiger charge is 2.42. The highest BCUT2D eigenvalue weighted by molar-refractivity contribution is 6.02. The standard InChI is InChI=1S/C25H24FN3O/c1-14-4-6-16(7-5-14)23-22-20(15-8-10-17(26)11-9-15)21-18(27-24(22)29-28-23)12-25(2,3)13-19(21)30/h4-11,20H,12-13H2,1-3H3,(H2,27,28,29)/t20-/m1/s1. The number of aryl methyl sites for hydroxylation is 1. The van der Waals surface area contributed by atoms with Crippen LogP contribution in [0.4, 0.5) is 10.2 Å². The first kappa shape index (κ1) is 18.8. The summed E-state index contributed by atoms with van der Waals surface area (Å²) in [6.45, 7) is 6.27. The lowest BCUT2D eigenvalue weighted by Crippen LogP contribution is -2.33. The van der Waals surface area contributed by atoms with Crippen molar-refractivity contribution in [1.82, 2.24) is 10.2 Å². The molecule has 2 heterocycles. The van der Waals surface area contributed by atoms with Gasteiger partial charge in [-0.2, -0.15) is 5.10 Å². The fourth-order valence-electron chi connectivity index (χ4n) is 4.72. The number of fused-ring (bicyclic) bond motifs is 1. The van der Waals surface area contributed by atoms with Crippen molar-refractivity contribution < 1.29 is 9.18 Å². The molecule has 1 atom stereocenters. The van der Waals surface area contributed by atoms with Crippen LogP contribution in [0.5, 0.6) is 0 Å². The molecule has 4 nitrogen and oxygen atoms in total. The number of ketones is 1. The van der Waals surface area contributed by atoms with Crippen LogP contribution in [0.15, 0.2) is 59.8 Å². The van der Waals surface area contributed by atoms with Crippen LogP contribution in [0.25, 0.3) is 11.3 Å². The van der Waals surface area contributed by atoms with Gasteiger partial charge in [0.2, 0.25) is 0 Å². The van der Waals surface area contributed by atoms with E-state index < -0.39 is 0 Å². The Morgan fingerprint density at radius 3 is 2.43 bits per heavy atom. The molecule has 0 fully saturated rings. The molecule has 152 valence electrons. The number of carbonyl (C=O) groups is 1. The smallest absolute Gasteiger partial charge is 0.162 e. The average Bonchev–Trinajstić information content (AvgIpc) is 3.10. The molecule has 2 aromatic carbocycles. The maximum atomic E-state index is 13.7. The van der Waals surface area contributed by atoms with Gasteiger partial charge >= 0.3 is 0 Å². The van der Waals surface area contributed by atoms with Crippen LogP contribution < -0.4 is 5.32 Å². The number of hydrogen-bond acceptors (Lipinski definition) is 3. The third-order valence-corrected chi connectivity index (χ3v) is 6.11. The van der Waals surface area contributed by atoms with Gasteiger partial charge < -0.3 is 5.32 Å². The minimum absolute atomic E-state index is 0.107. The second-order valence-corrected chi connectivity index (χ2v) is 9.17. The summed E-state index contributed by atoms with van der Waals surface area (Å²) in [6, 6.07) is 14.7. The molecule has 2 aliphatic rings. The predicted octanol–water partition coefficient (Wildman–Crippen LogP) is 5.72. The van der Waals surface area contributed by atoms with Crippen molar-refractivity contribution in [1.29, 1.82) is 0 Å². The lowest BCUT2D eigenvalue weighted by molar-refractivity contribution is -0.118. The average molecular weight is 401 g/mol. The van der Waals surface area contributed by atoms with Gasteiger partial charge in [0.1, 0.15) is 5.82 Å². The van der Waals surface area contributed by atoms with E-state index in [9.17, 15) is 9.18 Å². The first-order valence-corrected chi connectivity index (χ1v) is 10.3. The number of aromatic nitrogens is 2. The largest absolute Gasteiger partial charge is 0.342 e. The summed E-state index contributed by atoms with van der Waals surface area (Å²) >= 11 is 0. The highest BCUT2D eigenvalue weighted by atomic mass is 19.1. The Balaban J connectivity index is 1.73. The summed E-state index contributed by atoms with van der Waals surface area (Å²) in [4.78, 5) is 13.3. The van der Waals surface area contributed by atoms with E-state index in [2.05, 4.69) is 60.6 Å². The molecule has 0 saturated carbocycles. The van der Waals surface area contributed by atoms with Crippen molar-refractivity contribution in [2.75, 3.05) is 5.32 Å². The van der Waals surface area contributed by atoms with Gasteiger partial charge in [-0.1, -0.05) is 55.8 Å². The number of Topliss-reactive ketones (excluding diaryl/α,β-unsaturated/α-hetero) is 1. The second-order valence-electron chi connectivity index (χ2n) is 9.17. The van der Waals surface area contributed by atoms with E-state index in [0.29, 0.717) is 6.42 Å². The maximum absolute atomic E-state index is 13.7. The number of nitrogens with zero attached hydrogens (tertiary/aromatic N) is 1. The minimum atomic E-state index is -0.288. The number of rotatable bonds is 2. The number of halogens is 1. The fraction of sp³-hybridized carbons (Fsp3) is 0.280. The molecule has 5 heteroatoms. The Morgan fingerprint density at radius 1 is 1.03 bits per heavy atom. The maximum Gasteiger partial charge on any atom is 0.162 e. The SMILES string of the molecule is Cc1ccc(-c2[nH]nc3c2[C@H](c2ccc(F)cc2)C2=C(CC(C)(C)CC2=O)N3)cc1. The number of benzene rings is 2. The van der Waals surface area contributed by atoms with Gasteiger partial charge in [0.15, 0.2) is 11.6 Å². The number of H-pyrrole nitrogens is 1. The van der Waals surface area contributed by atoms with Crippen LogP contribution in [-0.4, -0.2) is 16.0 Å². The van der Waals surface area contributed by atoms with Crippen LogP contribution in [0.3, 0.4) is 0 Å². The zero-order chi connectivity index (χ0) is 21.0. The number of carbonyl (C=O) groups excluding carboxylic acids is 1. The fourth-order valence-corrected chi connectivity index (χ4v) is 4.72. The van der Waals surface area contributed by atoms with Crippen molar-refractivity contribution in [3.05, 3.63) is 82.3 Å². The van der Waals surface area contributed by atoms with E-state index in [1.165, 1.54) is 17.7 Å². The van der Waals surface area contributed by atoms with Gasteiger partial charge in [0, 0.05) is 29.2 Å². The summed E-state index contributed by atoms with van der Waals surface area (Å²) in [7, 11) is 0. The summed E-state index contributed by atoms with van der Waals surface area (Å²) in [5.74, 6) is 0.314. The zero-order valence-corrected chi connectivity index (χ0v) is 17.3. The molecule has 0 amide bonds. The molecule has 5 rings (SSSR count). The van der Waals surface area contributed by atoms with E-state index >= 15 is 0 Å². The molecule has 0 bridgehead atoms. The summed E-state index contributed by atoms with van der Waals surface area (Å²) in [6.07, 6.45) is 1.27. The van der Waals surface area contributed by atoms with Crippen molar-refractivity contribution in [3.63, 3.8) is 0 Å². The minimum Gasteiger partial charge on any atom is -0.342 e. The summed E-state index contributed by atoms with van der Waals surface area (Å²) < 4.78 is 13.7.